The fourth-order valence-corrected chi connectivity index (χ4v) is 2.63. The highest BCUT2D eigenvalue weighted by atomic mass is 16.5. The van der Waals surface area contributed by atoms with Crippen molar-refractivity contribution >= 4 is 5.97 Å². The molecular formula is C16H23NO3. The van der Waals surface area contributed by atoms with Gasteiger partial charge in [-0.3, -0.25) is 4.79 Å². The molecule has 1 aromatic rings. The van der Waals surface area contributed by atoms with Gasteiger partial charge in [-0.2, -0.15) is 0 Å². The fourth-order valence-electron chi connectivity index (χ4n) is 2.63. The number of carbonyl (C=O) groups is 1. The highest BCUT2D eigenvalue weighted by Gasteiger charge is 2.17. The minimum atomic E-state index is -0.177. The first-order chi connectivity index (χ1) is 9.60. The minimum Gasteiger partial charge on any atom is -0.493 e. The van der Waals surface area contributed by atoms with Crippen LogP contribution in [0.4, 0.5) is 0 Å². The Kier molecular flexibility index (Phi) is 5.01. The van der Waals surface area contributed by atoms with Crippen molar-refractivity contribution < 1.29 is 14.3 Å². The summed E-state index contributed by atoms with van der Waals surface area (Å²) in [6.07, 6.45) is 3.30. The molecule has 1 heterocycles. The molecule has 4 nitrogen and oxygen atoms in total. The van der Waals surface area contributed by atoms with Crippen LogP contribution < -0.4 is 10.5 Å². The molecule has 0 spiro atoms. The van der Waals surface area contributed by atoms with Crippen LogP contribution in [0.2, 0.25) is 0 Å². The Morgan fingerprint density at radius 1 is 1.50 bits per heavy atom. The zero-order valence-electron chi connectivity index (χ0n) is 12.2. The van der Waals surface area contributed by atoms with Gasteiger partial charge in [0.2, 0.25) is 0 Å². The van der Waals surface area contributed by atoms with Crippen molar-refractivity contribution in [2.45, 2.75) is 38.6 Å². The molecule has 2 rings (SSSR count). The number of esters is 1. The molecule has 0 amide bonds. The lowest BCUT2D eigenvalue weighted by Gasteiger charge is -2.21. The molecule has 110 valence electrons. The summed E-state index contributed by atoms with van der Waals surface area (Å²) in [5, 5.41) is 0. The van der Waals surface area contributed by atoms with Crippen molar-refractivity contribution in [2.24, 2.45) is 11.7 Å². The molecule has 4 heteroatoms. The molecule has 1 aliphatic heterocycles. The Morgan fingerprint density at radius 2 is 2.30 bits per heavy atom. The average Bonchev–Trinajstić information content (AvgIpc) is 2.46. The predicted molar refractivity (Wildman–Crippen MR) is 77.6 cm³/mol. The van der Waals surface area contributed by atoms with E-state index in [9.17, 15) is 4.79 Å². The topological polar surface area (TPSA) is 61.5 Å². The Balaban J connectivity index is 1.98. The summed E-state index contributed by atoms with van der Waals surface area (Å²) in [5.74, 6) is 1.02. The maximum atomic E-state index is 11.3. The van der Waals surface area contributed by atoms with Gasteiger partial charge in [0.05, 0.1) is 13.7 Å². The third-order valence-electron chi connectivity index (χ3n) is 3.76. The van der Waals surface area contributed by atoms with Crippen LogP contribution in [0.1, 0.15) is 43.4 Å². The first-order valence-electron chi connectivity index (χ1n) is 7.18. The number of hydrogen-bond donors (Lipinski definition) is 1. The number of rotatable bonds is 5. The van der Waals surface area contributed by atoms with Crippen LogP contribution in [0.25, 0.3) is 0 Å². The van der Waals surface area contributed by atoms with E-state index in [2.05, 4.69) is 10.8 Å². The van der Waals surface area contributed by atoms with Crippen LogP contribution in [-0.4, -0.2) is 19.7 Å². The number of hydrogen-bond acceptors (Lipinski definition) is 4. The zero-order chi connectivity index (χ0) is 14.5. The lowest BCUT2D eigenvalue weighted by molar-refractivity contribution is -0.141. The first kappa shape index (κ1) is 14.9. The normalized spacial score (nSPS) is 16.8. The van der Waals surface area contributed by atoms with Crippen LogP contribution in [0.5, 0.6) is 5.75 Å². The molecule has 2 atom stereocenters. The van der Waals surface area contributed by atoms with Crippen molar-refractivity contribution in [1.29, 1.82) is 0 Å². The maximum absolute atomic E-state index is 11.3. The average molecular weight is 277 g/mol. The van der Waals surface area contributed by atoms with Gasteiger partial charge < -0.3 is 15.2 Å². The summed E-state index contributed by atoms with van der Waals surface area (Å²) in [6, 6.07) is 6.13. The lowest BCUT2D eigenvalue weighted by Crippen LogP contribution is -2.17. The SMILES string of the molecule is COC(=O)CC(C)CC(N)c1ccc2c(c1)CCCO2. The fraction of sp³-hybridized carbons (Fsp3) is 0.562. The van der Waals surface area contributed by atoms with Crippen LogP contribution in [0, 0.1) is 5.92 Å². The highest BCUT2D eigenvalue weighted by molar-refractivity contribution is 5.69. The largest absolute Gasteiger partial charge is 0.493 e. The second-order valence-electron chi connectivity index (χ2n) is 5.55. The molecule has 0 aliphatic carbocycles. The number of benzene rings is 1. The molecule has 0 saturated heterocycles. The highest BCUT2D eigenvalue weighted by Crippen LogP contribution is 2.29. The van der Waals surface area contributed by atoms with E-state index in [4.69, 9.17) is 10.5 Å². The molecule has 2 unspecified atom stereocenters. The predicted octanol–water partition coefficient (Wildman–Crippen LogP) is 2.60. The lowest BCUT2D eigenvalue weighted by atomic mass is 9.92. The monoisotopic (exact) mass is 277 g/mol. The summed E-state index contributed by atoms with van der Waals surface area (Å²) in [6.45, 7) is 2.83. The van der Waals surface area contributed by atoms with E-state index in [-0.39, 0.29) is 17.9 Å². The van der Waals surface area contributed by atoms with Crippen LogP contribution in [-0.2, 0) is 16.0 Å². The molecule has 2 N–H and O–H groups in total. The number of fused-ring (bicyclic) bond motifs is 1. The van der Waals surface area contributed by atoms with Crippen LogP contribution in [0.15, 0.2) is 18.2 Å². The summed E-state index contributed by atoms with van der Waals surface area (Å²) in [4.78, 5) is 11.3. The molecule has 20 heavy (non-hydrogen) atoms. The molecule has 0 fully saturated rings. The van der Waals surface area contributed by atoms with E-state index >= 15 is 0 Å². The molecule has 0 radical (unpaired) electrons. The number of nitrogens with two attached hydrogens (primary N) is 1. The summed E-state index contributed by atoms with van der Waals surface area (Å²) < 4.78 is 10.3. The van der Waals surface area contributed by atoms with Gasteiger partial charge in [-0.25, -0.2) is 0 Å². The molecular weight excluding hydrogens is 254 g/mol. The van der Waals surface area contributed by atoms with Gasteiger partial charge in [0.25, 0.3) is 0 Å². The van der Waals surface area contributed by atoms with Gasteiger partial charge in [-0.15, -0.1) is 0 Å². The summed E-state index contributed by atoms with van der Waals surface area (Å²) >= 11 is 0. The molecule has 0 aromatic heterocycles. The Hall–Kier alpha value is -1.55. The standard InChI is InChI=1S/C16H23NO3/c1-11(9-16(18)19-2)8-14(17)12-5-6-15-13(10-12)4-3-7-20-15/h5-6,10-11,14H,3-4,7-9,17H2,1-2H3. The van der Waals surface area contributed by atoms with Crippen molar-refractivity contribution in [3.05, 3.63) is 29.3 Å². The Morgan fingerprint density at radius 3 is 3.05 bits per heavy atom. The van der Waals surface area contributed by atoms with E-state index in [1.165, 1.54) is 12.7 Å². The third kappa shape index (κ3) is 3.73. The summed E-state index contributed by atoms with van der Waals surface area (Å²) in [5.41, 5.74) is 8.61. The number of ether oxygens (including phenoxy) is 2. The quantitative estimate of drug-likeness (QED) is 0.840. The van der Waals surface area contributed by atoms with Crippen LogP contribution >= 0.6 is 0 Å². The number of methoxy groups -OCH3 is 1. The maximum Gasteiger partial charge on any atom is 0.305 e. The van der Waals surface area contributed by atoms with Gasteiger partial charge >= 0.3 is 5.97 Å². The van der Waals surface area contributed by atoms with Gasteiger partial charge in [0.15, 0.2) is 0 Å². The Labute approximate surface area is 120 Å². The third-order valence-corrected chi connectivity index (χ3v) is 3.76. The molecule has 1 aliphatic rings. The van der Waals surface area contributed by atoms with E-state index in [0.29, 0.717) is 6.42 Å². The van der Waals surface area contributed by atoms with Gasteiger partial charge in [-0.1, -0.05) is 19.1 Å². The van der Waals surface area contributed by atoms with E-state index < -0.39 is 0 Å². The van der Waals surface area contributed by atoms with Gasteiger partial charge in [0, 0.05) is 12.5 Å². The van der Waals surface area contributed by atoms with Crippen molar-refractivity contribution in [3.8, 4) is 5.75 Å². The van der Waals surface area contributed by atoms with Crippen molar-refractivity contribution in [2.75, 3.05) is 13.7 Å². The Bertz CT molecular complexity index is 473. The van der Waals surface area contributed by atoms with Gasteiger partial charge in [-0.05, 0) is 42.4 Å². The van der Waals surface area contributed by atoms with Crippen LogP contribution in [0.3, 0.4) is 0 Å². The minimum absolute atomic E-state index is 0.0538. The van der Waals surface area contributed by atoms with E-state index in [1.54, 1.807) is 0 Å². The van der Waals surface area contributed by atoms with E-state index in [1.807, 2.05) is 19.1 Å². The van der Waals surface area contributed by atoms with E-state index in [0.717, 1.165) is 37.2 Å². The first-order valence-corrected chi connectivity index (χ1v) is 7.18. The number of carbonyl (C=O) groups excluding carboxylic acids is 1. The number of aryl methyl sites for hydroxylation is 1. The van der Waals surface area contributed by atoms with Gasteiger partial charge in [0.1, 0.15) is 5.75 Å². The zero-order valence-corrected chi connectivity index (χ0v) is 12.2. The summed E-state index contributed by atoms with van der Waals surface area (Å²) in [7, 11) is 1.42. The molecule has 1 aromatic carbocycles. The molecule has 0 saturated carbocycles. The van der Waals surface area contributed by atoms with Crippen molar-refractivity contribution in [3.63, 3.8) is 0 Å². The second kappa shape index (κ2) is 6.75. The second-order valence-corrected chi connectivity index (χ2v) is 5.55. The molecule has 0 bridgehead atoms. The smallest absolute Gasteiger partial charge is 0.305 e. The van der Waals surface area contributed by atoms with Crippen molar-refractivity contribution in [1.82, 2.24) is 0 Å².